The lowest BCUT2D eigenvalue weighted by Gasteiger charge is -2.17. The van der Waals surface area contributed by atoms with Crippen LogP contribution in [0.15, 0.2) is 49.4 Å². The molecule has 33 heavy (non-hydrogen) atoms. The van der Waals surface area contributed by atoms with E-state index in [1.807, 2.05) is 6.92 Å². The zero-order valence-electron chi connectivity index (χ0n) is 17.7. The van der Waals surface area contributed by atoms with Gasteiger partial charge in [-0.15, -0.1) is 0 Å². The van der Waals surface area contributed by atoms with Gasteiger partial charge in [-0.3, -0.25) is 4.79 Å². The number of halogens is 3. The van der Waals surface area contributed by atoms with Crippen LogP contribution in [-0.4, -0.2) is 39.1 Å². The molecule has 3 rings (SSSR count). The zero-order chi connectivity index (χ0) is 24.0. The normalized spacial score (nSPS) is 10.9. The SMILES string of the molecule is C=CC(=O)Nc1cc(C)ccc1Nc1nc(Nc2cc(OC)ncn2)ncc1CC(F)(F)F. The van der Waals surface area contributed by atoms with Gasteiger partial charge < -0.3 is 20.7 Å². The molecule has 3 aromatic rings. The number of anilines is 5. The Morgan fingerprint density at radius 2 is 1.94 bits per heavy atom. The Kier molecular flexibility index (Phi) is 7.06. The number of nitrogens with zero attached hydrogens (tertiary/aromatic N) is 4. The van der Waals surface area contributed by atoms with E-state index in [1.165, 1.54) is 19.5 Å². The number of carbonyl (C=O) groups is 1. The summed E-state index contributed by atoms with van der Waals surface area (Å²) in [6.45, 7) is 5.22. The smallest absolute Gasteiger partial charge is 0.393 e. The first-order valence-electron chi connectivity index (χ1n) is 9.53. The van der Waals surface area contributed by atoms with Gasteiger partial charge >= 0.3 is 6.18 Å². The van der Waals surface area contributed by atoms with Gasteiger partial charge in [0, 0.05) is 17.8 Å². The van der Waals surface area contributed by atoms with Crippen molar-refractivity contribution in [3.63, 3.8) is 0 Å². The van der Waals surface area contributed by atoms with Crippen LogP contribution in [0, 0.1) is 6.92 Å². The first-order chi connectivity index (χ1) is 15.7. The van der Waals surface area contributed by atoms with Gasteiger partial charge in [-0.25, -0.2) is 15.0 Å². The molecule has 1 amide bonds. The zero-order valence-corrected chi connectivity index (χ0v) is 17.7. The number of ether oxygens (including phenoxy) is 1. The Balaban J connectivity index is 1.98. The average Bonchev–Trinajstić information content (AvgIpc) is 2.76. The van der Waals surface area contributed by atoms with Crippen LogP contribution in [0.1, 0.15) is 11.1 Å². The maximum atomic E-state index is 13.1. The van der Waals surface area contributed by atoms with E-state index in [0.29, 0.717) is 11.4 Å². The fourth-order valence-electron chi connectivity index (χ4n) is 2.74. The van der Waals surface area contributed by atoms with Gasteiger partial charge in [-0.2, -0.15) is 18.2 Å². The minimum atomic E-state index is -4.48. The topological polar surface area (TPSA) is 114 Å². The summed E-state index contributed by atoms with van der Waals surface area (Å²) >= 11 is 0. The highest BCUT2D eigenvalue weighted by Crippen LogP contribution is 2.31. The van der Waals surface area contributed by atoms with Crippen LogP contribution in [0.3, 0.4) is 0 Å². The van der Waals surface area contributed by atoms with Gasteiger partial charge in [-0.05, 0) is 30.7 Å². The highest BCUT2D eigenvalue weighted by Gasteiger charge is 2.30. The van der Waals surface area contributed by atoms with Crippen LogP contribution in [0.2, 0.25) is 0 Å². The van der Waals surface area contributed by atoms with Gasteiger partial charge in [0.05, 0.1) is 24.9 Å². The fraction of sp³-hybridized carbons (Fsp3) is 0.190. The summed E-state index contributed by atoms with van der Waals surface area (Å²) < 4.78 is 44.5. The van der Waals surface area contributed by atoms with Crippen molar-refractivity contribution in [2.45, 2.75) is 19.5 Å². The summed E-state index contributed by atoms with van der Waals surface area (Å²) in [7, 11) is 1.43. The summed E-state index contributed by atoms with van der Waals surface area (Å²) in [5, 5.41) is 8.30. The number of alkyl halides is 3. The maximum absolute atomic E-state index is 13.1. The maximum Gasteiger partial charge on any atom is 0.393 e. The Labute approximate surface area is 187 Å². The third-order valence-electron chi connectivity index (χ3n) is 4.22. The van der Waals surface area contributed by atoms with Crippen molar-refractivity contribution < 1.29 is 22.7 Å². The first kappa shape index (κ1) is 23.4. The second-order valence-corrected chi connectivity index (χ2v) is 6.80. The number of rotatable bonds is 8. The van der Waals surface area contributed by atoms with Crippen molar-refractivity contribution in [3.8, 4) is 5.88 Å². The third-order valence-corrected chi connectivity index (χ3v) is 4.22. The monoisotopic (exact) mass is 459 g/mol. The number of aromatic nitrogens is 4. The molecular weight excluding hydrogens is 439 g/mol. The van der Waals surface area contributed by atoms with Gasteiger partial charge in [-0.1, -0.05) is 12.6 Å². The van der Waals surface area contributed by atoms with E-state index < -0.39 is 18.5 Å². The summed E-state index contributed by atoms with van der Waals surface area (Å²) in [6.07, 6.45) is -2.33. The van der Waals surface area contributed by atoms with E-state index in [-0.39, 0.29) is 29.0 Å². The van der Waals surface area contributed by atoms with Crippen LogP contribution in [-0.2, 0) is 11.2 Å². The molecule has 0 aliphatic heterocycles. The van der Waals surface area contributed by atoms with Crippen molar-refractivity contribution >= 4 is 34.9 Å². The van der Waals surface area contributed by atoms with E-state index in [0.717, 1.165) is 17.8 Å². The molecule has 0 saturated carbocycles. The standard InChI is InChI=1S/C21H20F3N7O2/c1-4-17(32)28-15-7-12(2)5-6-14(15)29-19-13(9-21(22,23)24)10-25-20(31-19)30-16-8-18(33-3)27-11-26-16/h4-8,10-11H,1,9H2,2-3H3,(H,28,32)(H2,25,26,27,29,30,31). The predicted molar refractivity (Wildman–Crippen MR) is 117 cm³/mol. The Morgan fingerprint density at radius 3 is 2.64 bits per heavy atom. The van der Waals surface area contributed by atoms with Crippen molar-refractivity contribution in [3.05, 3.63) is 60.6 Å². The molecule has 12 heteroatoms. The van der Waals surface area contributed by atoms with Crippen molar-refractivity contribution in [1.82, 2.24) is 19.9 Å². The molecule has 0 saturated heterocycles. The Morgan fingerprint density at radius 1 is 1.15 bits per heavy atom. The van der Waals surface area contributed by atoms with E-state index >= 15 is 0 Å². The third kappa shape index (κ3) is 6.63. The molecule has 0 aliphatic rings. The van der Waals surface area contributed by atoms with Crippen molar-refractivity contribution in [2.75, 3.05) is 23.1 Å². The molecule has 0 atom stereocenters. The first-order valence-corrected chi connectivity index (χ1v) is 9.53. The molecule has 0 spiro atoms. The minimum absolute atomic E-state index is 0.00651. The van der Waals surface area contributed by atoms with E-state index in [1.54, 1.807) is 18.2 Å². The molecule has 0 unspecified atom stereocenters. The van der Waals surface area contributed by atoms with Gasteiger partial charge in [0.15, 0.2) is 0 Å². The molecule has 3 N–H and O–H groups in total. The van der Waals surface area contributed by atoms with Crippen LogP contribution in [0.5, 0.6) is 5.88 Å². The number of hydrogen-bond donors (Lipinski definition) is 3. The lowest BCUT2D eigenvalue weighted by Crippen LogP contribution is -2.15. The van der Waals surface area contributed by atoms with Gasteiger partial charge in [0.1, 0.15) is 18.0 Å². The van der Waals surface area contributed by atoms with Crippen LogP contribution in [0.25, 0.3) is 0 Å². The van der Waals surface area contributed by atoms with Crippen LogP contribution >= 0.6 is 0 Å². The largest absolute Gasteiger partial charge is 0.481 e. The molecule has 1 aromatic carbocycles. The molecule has 9 nitrogen and oxygen atoms in total. The number of nitrogens with one attached hydrogen (secondary N) is 3. The second-order valence-electron chi connectivity index (χ2n) is 6.80. The molecule has 2 heterocycles. The number of methoxy groups -OCH3 is 1. The van der Waals surface area contributed by atoms with E-state index in [2.05, 4.69) is 42.5 Å². The number of aryl methyl sites for hydroxylation is 1. The Bertz CT molecular complexity index is 1170. The quantitative estimate of drug-likeness (QED) is 0.427. The molecule has 0 fully saturated rings. The van der Waals surface area contributed by atoms with Crippen molar-refractivity contribution in [1.29, 1.82) is 0 Å². The number of hydrogen-bond acceptors (Lipinski definition) is 8. The number of amides is 1. The second kappa shape index (κ2) is 9.94. The average molecular weight is 459 g/mol. The van der Waals surface area contributed by atoms with Crippen molar-refractivity contribution in [2.24, 2.45) is 0 Å². The van der Waals surface area contributed by atoms with E-state index in [9.17, 15) is 18.0 Å². The van der Waals surface area contributed by atoms with Gasteiger partial charge in [0.25, 0.3) is 0 Å². The molecule has 0 radical (unpaired) electrons. The molecule has 0 bridgehead atoms. The Hall–Kier alpha value is -4.22. The molecule has 0 aliphatic carbocycles. The van der Waals surface area contributed by atoms with E-state index in [4.69, 9.17) is 4.74 Å². The predicted octanol–water partition coefficient (Wildman–Crippen LogP) is 4.30. The lowest BCUT2D eigenvalue weighted by molar-refractivity contribution is -0.127. The van der Waals surface area contributed by atoms with Gasteiger partial charge in [0.2, 0.25) is 17.7 Å². The van der Waals surface area contributed by atoms with Crippen LogP contribution in [0.4, 0.5) is 42.1 Å². The summed E-state index contributed by atoms with van der Waals surface area (Å²) in [4.78, 5) is 27.8. The fourth-order valence-corrected chi connectivity index (χ4v) is 2.74. The molecular formula is C21H20F3N7O2. The summed E-state index contributed by atoms with van der Waals surface area (Å²) in [6, 6.07) is 6.50. The highest BCUT2D eigenvalue weighted by atomic mass is 19.4. The molecule has 172 valence electrons. The highest BCUT2D eigenvalue weighted by molar-refractivity contribution is 6.01. The summed E-state index contributed by atoms with van der Waals surface area (Å²) in [5.41, 5.74) is 1.34. The van der Waals surface area contributed by atoms with Crippen LogP contribution < -0.4 is 20.7 Å². The summed E-state index contributed by atoms with van der Waals surface area (Å²) in [5.74, 6) is -0.00822. The number of carbonyl (C=O) groups excluding carboxylic acids is 1. The molecule has 2 aromatic heterocycles. The lowest BCUT2D eigenvalue weighted by atomic mass is 10.1. The number of benzene rings is 1. The minimum Gasteiger partial charge on any atom is -0.481 e.